The molecule has 1 aliphatic heterocycles. The SMILES string of the molecule is CCOc1ccccc1C(CC)N1CCCCC1C(=O)O. The summed E-state index contributed by atoms with van der Waals surface area (Å²) in [5, 5.41) is 9.50. The van der Waals surface area contributed by atoms with Crippen molar-refractivity contribution in [2.24, 2.45) is 0 Å². The Bertz CT molecular complexity index is 475. The van der Waals surface area contributed by atoms with Crippen LogP contribution in [0.3, 0.4) is 0 Å². The molecule has 1 aromatic rings. The van der Waals surface area contributed by atoms with E-state index in [1.165, 1.54) is 0 Å². The number of hydrogen-bond acceptors (Lipinski definition) is 3. The van der Waals surface area contributed by atoms with Crippen LogP contribution in [-0.2, 0) is 4.79 Å². The van der Waals surface area contributed by atoms with Crippen LogP contribution in [0.15, 0.2) is 24.3 Å². The maximum Gasteiger partial charge on any atom is 0.320 e. The lowest BCUT2D eigenvalue weighted by Crippen LogP contribution is -2.46. The number of likely N-dealkylation sites (tertiary alicyclic amines) is 1. The largest absolute Gasteiger partial charge is 0.494 e. The third-order valence-electron chi connectivity index (χ3n) is 4.19. The Morgan fingerprint density at radius 1 is 1.38 bits per heavy atom. The summed E-state index contributed by atoms with van der Waals surface area (Å²) in [6, 6.07) is 7.73. The van der Waals surface area contributed by atoms with Gasteiger partial charge in [0, 0.05) is 11.6 Å². The van der Waals surface area contributed by atoms with Gasteiger partial charge >= 0.3 is 5.97 Å². The molecule has 21 heavy (non-hydrogen) atoms. The number of ether oxygens (including phenoxy) is 1. The summed E-state index contributed by atoms with van der Waals surface area (Å²) in [6.07, 6.45) is 3.69. The van der Waals surface area contributed by atoms with Crippen LogP contribution in [0, 0.1) is 0 Å². The number of carbonyl (C=O) groups is 1. The van der Waals surface area contributed by atoms with E-state index in [0.29, 0.717) is 6.61 Å². The average molecular weight is 291 g/mol. The average Bonchev–Trinajstić information content (AvgIpc) is 2.50. The Morgan fingerprint density at radius 2 is 2.14 bits per heavy atom. The van der Waals surface area contributed by atoms with E-state index >= 15 is 0 Å². The number of hydrogen-bond donors (Lipinski definition) is 1. The number of piperidine rings is 1. The molecular weight excluding hydrogens is 266 g/mol. The summed E-state index contributed by atoms with van der Waals surface area (Å²) in [6.45, 7) is 5.55. The molecule has 1 aromatic carbocycles. The summed E-state index contributed by atoms with van der Waals surface area (Å²) >= 11 is 0. The molecule has 1 aliphatic rings. The molecule has 116 valence electrons. The van der Waals surface area contributed by atoms with Crippen LogP contribution >= 0.6 is 0 Å². The van der Waals surface area contributed by atoms with E-state index in [1.807, 2.05) is 25.1 Å². The van der Waals surface area contributed by atoms with Crippen LogP contribution in [0.5, 0.6) is 5.75 Å². The van der Waals surface area contributed by atoms with Gasteiger partial charge in [-0.05, 0) is 38.8 Å². The Labute approximate surface area is 126 Å². The van der Waals surface area contributed by atoms with Crippen LogP contribution in [-0.4, -0.2) is 35.2 Å². The van der Waals surface area contributed by atoms with Gasteiger partial charge in [-0.25, -0.2) is 0 Å². The molecule has 1 fully saturated rings. The highest BCUT2D eigenvalue weighted by Gasteiger charge is 2.34. The number of carboxylic acids is 1. The second-order valence-corrected chi connectivity index (χ2v) is 5.48. The number of aliphatic carboxylic acids is 1. The molecule has 0 bridgehead atoms. The molecule has 1 heterocycles. The number of rotatable bonds is 6. The van der Waals surface area contributed by atoms with E-state index in [2.05, 4.69) is 17.9 Å². The molecule has 1 N–H and O–H groups in total. The summed E-state index contributed by atoms with van der Waals surface area (Å²) in [7, 11) is 0. The van der Waals surface area contributed by atoms with E-state index in [9.17, 15) is 9.90 Å². The van der Waals surface area contributed by atoms with Crippen LogP contribution in [0.2, 0.25) is 0 Å². The lowest BCUT2D eigenvalue weighted by Gasteiger charge is -2.39. The predicted molar refractivity (Wildman–Crippen MR) is 82.6 cm³/mol. The molecule has 0 amide bonds. The second-order valence-electron chi connectivity index (χ2n) is 5.48. The van der Waals surface area contributed by atoms with Gasteiger partial charge in [0.1, 0.15) is 11.8 Å². The van der Waals surface area contributed by atoms with E-state index in [4.69, 9.17) is 4.74 Å². The monoisotopic (exact) mass is 291 g/mol. The van der Waals surface area contributed by atoms with Crippen molar-refractivity contribution >= 4 is 5.97 Å². The lowest BCUT2D eigenvalue weighted by atomic mass is 9.94. The quantitative estimate of drug-likeness (QED) is 0.872. The standard InChI is InChI=1S/C17H25NO3/c1-3-14(13-9-5-6-11-16(13)21-4-2)18-12-8-7-10-15(18)17(19)20/h5-6,9,11,14-15H,3-4,7-8,10,12H2,1-2H3,(H,19,20). The van der Waals surface area contributed by atoms with E-state index in [-0.39, 0.29) is 12.1 Å². The second kappa shape index (κ2) is 7.46. The predicted octanol–water partition coefficient (Wildman–Crippen LogP) is 3.48. The zero-order valence-corrected chi connectivity index (χ0v) is 12.9. The van der Waals surface area contributed by atoms with E-state index < -0.39 is 5.97 Å². The summed E-state index contributed by atoms with van der Waals surface area (Å²) in [5.41, 5.74) is 1.11. The Balaban J connectivity index is 2.31. The van der Waals surface area contributed by atoms with Crippen LogP contribution in [0.4, 0.5) is 0 Å². The Morgan fingerprint density at radius 3 is 2.81 bits per heavy atom. The Hall–Kier alpha value is -1.55. The number of benzene rings is 1. The van der Waals surface area contributed by atoms with Gasteiger partial charge in [-0.3, -0.25) is 9.69 Å². The summed E-state index contributed by atoms with van der Waals surface area (Å²) in [4.78, 5) is 13.7. The van der Waals surface area contributed by atoms with Gasteiger partial charge in [0.2, 0.25) is 0 Å². The first kappa shape index (κ1) is 15.8. The first-order valence-electron chi connectivity index (χ1n) is 7.89. The van der Waals surface area contributed by atoms with Gasteiger partial charge in [-0.2, -0.15) is 0 Å². The molecule has 4 heteroatoms. The summed E-state index contributed by atoms with van der Waals surface area (Å²) < 4.78 is 5.73. The minimum absolute atomic E-state index is 0.106. The van der Waals surface area contributed by atoms with Crippen molar-refractivity contribution in [1.82, 2.24) is 4.90 Å². The number of carboxylic acid groups (broad SMARTS) is 1. The molecule has 0 spiro atoms. The van der Waals surface area contributed by atoms with Gasteiger partial charge in [-0.1, -0.05) is 31.5 Å². The number of nitrogens with zero attached hydrogens (tertiary/aromatic N) is 1. The normalized spacial score (nSPS) is 21.0. The van der Waals surface area contributed by atoms with Crippen molar-refractivity contribution in [2.75, 3.05) is 13.2 Å². The zero-order valence-electron chi connectivity index (χ0n) is 12.9. The minimum atomic E-state index is -0.706. The van der Waals surface area contributed by atoms with Crippen LogP contribution in [0.1, 0.15) is 51.1 Å². The number of para-hydroxylation sites is 1. The van der Waals surface area contributed by atoms with Crippen molar-refractivity contribution in [3.63, 3.8) is 0 Å². The van der Waals surface area contributed by atoms with Crippen molar-refractivity contribution in [2.45, 2.75) is 51.6 Å². The highest BCUT2D eigenvalue weighted by Crippen LogP contribution is 2.35. The molecule has 0 aliphatic carbocycles. The van der Waals surface area contributed by atoms with E-state index in [0.717, 1.165) is 43.5 Å². The fourth-order valence-electron chi connectivity index (χ4n) is 3.27. The van der Waals surface area contributed by atoms with Gasteiger partial charge in [0.15, 0.2) is 0 Å². The summed E-state index contributed by atoms with van der Waals surface area (Å²) in [5.74, 6) is 0.170. The van der Waals surface area contributed by atoms with E-state index in [1.54, 1.807) is 0 Å². The van der Waals surface area contributed by atoms with Crippen molar-refractivity contribution < 1.29 is 14.6 Å². The fraction of sp³-hybridized carbons (Fsp3) is 0.588. The highest BCUT2D eigenvalue weighted by atomic mass is 16.5. The molecule has 2 unspecified atom stereocenters. The third kappa shape index (κ3) is 3.56. The first-order chi connectivity index (χ1) is 10.2. The lowest BCUT2D eigenvalue weighted by molar-refractivity contribution is -0.146. The molecule has 0 radical (unpaired) electrons. The smallest absolute Gasteiger partial charge is 0.320 e. The van der Waals surface area contributed by atoms with Crippen LogP contribution in [0.25, 0.3) is 0 Å². The fourth-order valence-corrected chi connectivity index (χ4v) is 3.27. The molecular formula is C17H25NO3. The van der Waals surface area contributed by atoms with Crippen molar-refractivity contribution in [3.8, 4) is 5.75 Å². The Kier molecular flexibility index (Phi) is 5.62. The van der Waals surface area contributed by atoms with Crippen molar-refractivity contribution in [1.29, 1.82) is 0 Å². The zero-order chi connectivity index (χ0) is 15.2. The minimum Gasteiger partial charge on any atom is -0.494 e. The third-order valence-corrected chi connectivity index (χ3v) is 4.19. The van der Waals surface area contributed by atoms with Gasteiger partial charge in [-0.15, -0.1) is 0 Å². The first-order valence-corrected chi connectivity index (χ1v) is 7.89. The highest BCUT2D eigenvalue weighted by molar-refractivity contribution is 5.73. The molecule has 1 saturated heterocycles. The molecule has 0 saturated carbocycles. The molecule has 2 atom stereocenters. The molecule has 0 aromatic heterocycles. The van der Waals surface area contributed by atoms with Crippen LogP contribution < -0.4 is 4.74 Å². The topological polar surface area (TPSA) is 49.8 Å². The maximum absolute atomic E-state index is 11.6. The van der Waals surface area contributed by atoms with Crippen molar-refractivity contribution in [3.05, 3.63) is 29.8 Å². The van der Waals surface area contributed by atoms with Gasteiger partial charge in [0.25, 0.3) is 0 Å². The maximum atomic E-state index is 11.6. The van der Waals surface area contributed by atoms with Gasteiger partial charge in [0.05, 0.1) is 6.61 Å². The molecule has 4 nitrogen and oxygen atoms in total. The van der Waals surface area contributed by atoms with Gasteiger partial charge < -0.3 is 9.84 Å². The molecule has 2 rings (SSSR count).